The van der Waals surface area contributed by atoms with E-state index in [1.54, 1.807) is 27.7 Å². The van der Waals surface area contributed by atoms with E-state index in [9.17, 15) is 9.59 Å². The van der Waals surface area contributed by atoms with Crippen molar-refractivity contribution in [3.63, 3.8) is 0 Å². The van der Waals surface area contributed by atoms with Gasteiger partial charge in [0.25, 0.3) is 0 Å². The van der Waals surface area contributed by atoms with Crippen molar-refractivity contribution in [2.75, 3.05) is 7.11 Å². The van der Waals surface area contributed by atoms with Gasteiger partial charge in [0.05, 0.1) is 13.0 Å². The highest BCUT2D eigenvalue weighted by Gasteiger charge is 2.21. The lowest BCUT2D eigenvalue weighted by molar-refractivity contribution is -0.145. The van der Waals surface area contributed by atoms with Crippen LogP contribution in [0, 0.1) is 5.92 Å². The van der Waals surface area contributed by atoms with E-state index >= 15 is 0 Å². The summed E-state index contributed by atoms with van der Waals surface area (Å²) < 4.78 is 9.73. The van der Waals surface area contributed by atoms with Gasteiger partial charge in [-0.2, -0.15) is 0 Å². The summed E-state index contributed by atoms with van der Waals surface area (Å²) in [5.74, 6) is -0.521. The maximum absolute atomic E-state index is 11.4. The van der Waals surface area contributed by atoms with Crippen LogP contribution in [0.15, 0.2) is 0 Å². The van der Waals surface area contributed by atoms with Crippen molar-refractivity contribution < 1.29 is 19.1 Å². The molecule has 1 amide bonds. The molecule has 0 fully saturated rings. The zero-order valence-corrected chi connectivity index (χ0v) is 11.5. The van der Waals surface area contributed by atoms with Crippen molar-refractivity contribution in [1.29, 1.82) is 0 Å². The monoisotopic (exact) mass is 245 g/mol. The summed E-state index contributed by atoms with van der Waals surface area (Å²) in [6, 6.07) is -0.140. The number of hydrogen-bond acceptors (Lipinski definition) is 4. The van der Waals surface area contributed by atoms with Gasteiger partial charge in [0.15, 0.2) is 0 Å². The number of nitrogens with one attached hydrogen (secondary N) is 1. The third-order valence-corrected chi connectivity index (χ3v) is 2.07. The van der Waals surface area contributed by atoms with Crippen molar-refractivity contribution in [3.8, 4) is 0 Å². The number of hydrogen-bond donors (Lipinski definition) is 1. The summed E-state index contributed by atoms with van der Waals surface area (Å²) in [6.45, 7) is 8.99. The van der Waals surface area contributed by atoms with E-state index in [4.69, 9.17) is 4.74 Å². The Hall–Kier alpha value is -1.26. The SMILES string of the molecule is COC(=O)[C@@H](C)C[C@H](C)NC(=O)OC(C)(C)C. The van der Waals surface area contributed by atoms with E-state index in [-0.39, 0.29) is 17.9 Å². The predicted octanol–water partition coefficient (Wildman–Crippen LogP) is 2.10. The first-order chi connectivity index (χ1) is 7.65. The second-order valence-electron chi connectivity index (χ2n) is 5.21. The van der Waals surface area contributed by atoms with Crippen LogP contribution in [0.5, 0.6) is 0 Å². The number of esters is 1. The van der Waals surface area contributed by atoms with E-state index in [0.717, 1.165) is 0 Å². The molecule has 2 atom stereocenters. The molecule has 17 heavy (non-hydrogen) atoms. The standard InChI is InChI=1S/C12H23NO4/c1-8(10(14)16-6)7-9(2)13-11(15)17-12(3,4)5/h8-9H,7H2,1-6H3,(H,13,15)/t8-,9-/m0/s1. The van der Waals surface area contributed by atoms with Crippen molar-refractivity contribution in [2.24, 2.45) is 5.92 Å². The summed E-state index contributed by atoms with van der Waals surface area (Å²) in [6.07, 6.45) is 0.0494. The summed E-state index contributed by atoms with van der Waals surface area (Å²) in [4.78, 5) is 22.6. The lowest BCUT2D eigenvalue weighted by Crippen LogP contribution is -2.39. The maximum atomic E-state index is 11.4. The molecule has 0 rings (SSSR count). The number of carbonyl (C=O) groups is 2. The zero-order chi connectivity index (χ0) is 13.6. The number of carbonyl (C=O) groups excluding carboxylic acids is 2. The average molecular weight is 245 g/mol. The Morgan fingerprint density at radius 3 is 2.18 bits per heavy atom. The van der Waals surface area contributed by atoms with E-state index in [2.05, 4.69) is 10.1 Å². The number of methoxy groups -OCH3 is 1. The third kappa shape index (κ3) is 7.60. The fraction of sp³-hybridized carbons (Fsp3) is 0.833. The molecule has 0 aromatic carbocycles. The molecule has 100 valence electrons. The van der Waals surface area contributed by atoms with E-state index < -0.39 is 11.7 Å². The molecule has 5 nitrogen and oxygen atoms in total. The Morgan fingerprint density at radius 2 is 1.76 bits per heavy atom. The molecule has 0 heterocycles. The van der Waals surface area contributed by atoms with Crippen molar-refractivity contribution in [1.82, 2.24) is 5.32 Å². The molecule has 0 aliphatic carbocycles. The topological polar surface area (TPSA) is 64.6 Å². The van der Waals surface area contributed by atoms with Crippen molar-refractivity contribution in [2.45, 2.75) is 52.7 Å². The van der Waals surface area contributed by atoms with Crippen LogP contribution in [-0.2, 0) is 14.3 Å². The molecule has 0 radical (unpaired) electrons. The molecule has 0 unspecified atom stereocenters. The summed E-state index contributed by atoms with van der Waals surface area (Å²) in [7, 11) is 1.35. The predicted molar refractivity (Wildman–Crippen MR) is 64.6 cm³/mol. The first kappa shape index (κ1) is 15.7. The average Bonchev–Trinajstić information content (AvgIpc) is 2.12. The lowest BCUT2D eigenvalue weighted by atomic mass is 10.0. The van der Waals surface area contributed by atoms with Crippen LogP contribution in [0.2, 0.25) is 0 Å². The number of ether oxygens (including phenoxy) is 2. The fourth-order valence-electron chi connectivity index (χ4n) is 1.40. The number of amides is 1. The molecule has 0 saturated heterocycles. The zero-order valence-electron chi connectivity index (χ0n) is 11.5. The third-order valence-electron chi connectivity index (χ3n) is 2.07. The van der Waals surface area contributed by atoms with Gasteiger partial charge in [0.2, 0.25) is 0 Å². The second-order valence-corrected chi connectivity index (χ2v) is 5.21. The molecule has 0 aromatic rings. The van der Waals surface area contributed by atoms with Crippen LogP contribution in [0.25, 0.3) is 0 Å². The van der Waals surface area contributed by atoms with Gasteiger partial charge in [-0.15, -0.1) is 0 Å². The first-order valence-corrected chi connectivity index (χ1v) is 5.73. The quantitative estimate of drug-likeness (QED) is 0.770. The largest absolute Gasteiger partial charge is 0.469 e. The van der Waals surface area contributed by atoms with Crippen LogP contribution in [0.4, 0.5) is 4.79 Å². The van der Waals surface area contributed by atoms with Crippen LogP contribution < -0.4 is 5.32 Å². The normalized spacial score (nSPS) is 14.7. The minimum atomic E-state index is -0.516. The number of alkyl carbamates (subject to hydrolysis) is 1. The van der Waals surface area contributed by atoms with E-state index in [1.807, 2.05) is 6.92 Å². The molecular formula is C12H23NO4. The summed E-state index contributed by atoms with van der Waals surface area (Å²) in [5.41, 5.74) is -0.516. The van der Waals surface area contributed by atoms with Crippen LogP contribution in [-0.4, -0.2) is 30.8 Å². The van der Waals surface area contributed by atoms with Crippen molar-refractivity contribution >= 4 is 12.1 Å². The Bertz CT molecular complexity index is 270. The summed E-state index contributed by atoms with van der Waals surface area (Å²) in [5, 5.41) is 2.68. The second kappa shape index (κ2) is 6.47. The van der Waals surface area contributed by atoms with Gasteiger partial charge in [0.1, 0.15) is 5.60 Å². The van der Waals surface area contributed by atoms with Crippen LogP contribution in [0.1, 0.15) is 41.0 Å². The maximum Gasteiger partial charge on any atom is 0.407 e. The van der Waals surface area contributed by atoms with E-state index in [1.165, 1.54) is 7.11 Å². The molecule has 1 N–H and O–H groups in total. The molecule has 0 aliphatic heterocycles. The Labute approximate surface area is 103 Å². The van der Waals surface area contributed by atoms with Gasteiger partial charge in [-0.05, 0) is 34.1 Å². The minimum Gasteiger partial charge on any atom is -0.469 e. The van der Waals surface area contributed by atoms with E-state index in [0.29, 0.717) is 6.42 Å². The molecular weight excluding hydrogens is 222 g/mol. The number of rotatable bonds is 4. The van der Waals surface area contributed by atoms with Gasteiger partial charge in [-0.3, -0.25) is 4.79 Å². The minimum absolute atomic E-state index is 0.140. The lowest BCUT2D eigenvalue weighted by Gasteiger charge is -2.22. The molecule has 0 aromatic heterocycles. The van der Waals surface area contributed by atoms with Gasteiger partial charge >= 0.3 is 12.1 Å². The Balaban J connectivity index is 4.06. The Morgan fingerprint density at radius 1 is 1.24 bits per heavy atom. The highest BCUT2D eigenvalue weighted by atomic mass is 16.6. The summed E-state index contributed by atoms with van der Waals surface area (Å²) >= 11 is 0. The first-order valence-electron chi connectivity index (χ1n) is 5.73. The molecule has 0 spiro atoms. The van der Waals surface area contributed by atoms with Crippen LogP contribution in [0.3, 0.4) is 0 Å². The van der Waals surface area contributed by atoms with Gasteiger partial charge in [-0.1, -0.05) is 6.92 Å². The smallest absolute Gasteiger partial charge is 0.407 e. The molecule has 0 bridgehead atoms. The molecule has 0 aliphatic rings. The Kier molecular flexibility index (Phi) is 5.99. The molecule has 0 saturated carbocycles. The van der Waals surface area contributed by atoms with Crippen molar-refractivity contribution in [3.05, 3.63) is 0 Å². The molecule has 5 heteroatoms. The van der Waals surface area contributed by atoms with Gasteiger partial charge in [-0.25, -0.2) is 4.79 Å². The highest BCUT2D eigenvalue weighted by Crippen LogP contribution is 2.10. The van der Waals surface area contributed by atoms with Gasteiger partial charge in [0, 0.05) is 6.04 Å². The highest BCUT2D eigenvalue weighted by molar-refractivity contribution is 5.72. The fourth-order valence-corrected chi connectivity index (χ4v) is 1.40. The van der Waals surface area contributed by atoms with Gasteiger partial charge < -0.3 is 14.8 Å². The van der Waals surface area contributed by atoms with Crippen LogP contribution >= 0.6 is 0 Å².